The van der Waals surface area contributed by atoms with E-state index in [1.54, 1.807) is 0 Å². The zero-order valence-electron chi connectivity index (χ0n) is 14.3. The predicted octanol–water partition coefficient (Wildman–Crippen LogP) is 2.39. The summed E-state index contributed by atoms with van der Waals surface area (Å²) in [6.45, 7) is 9.19. The lowest BCUT2D eigenvalue weighted by atomic mass is 10.1. The smallest absolute Gasteiger partial charge is 0.191 e. The molecular formula is C17H28ClIN4O. The highest BCUT2D eigenvalue weighted by Crippen LogP contribution is 2.14. The molecule has 2 N–H and O–H groups in total. The molecule has 1 aromatic rings. The summed E-state index contributed by atoms with van der Waals surface area (Å²) >= 11 is 6.18. The standard InChI is InChI=1S/C17H27ClN4O.HI/c1-2-19-17(21-9-10-22-11-13-23-14-12-22)20-8-7-15-5-3-4-6-16(15)18;/h3-6H,2,7-14H2,1H3,(H2,19,20,21);1H. The molecular weight excluding hydrogens is 439 g/mol. The zero-order valence-corrected chi connectivity index (χ0v) is 17.3. The molecule has 1 aromatic carbocycles. The summed E-state index contributed by atoms with van der Waals surface area (Å²) in [7, 11) is 0. The topological polar surface area (TPSA) is 48.9 Å². The van der Waals surface area contributed by atoms with Crippen LogP contribution in [0.25, 0.3) is 0 Å². The fraction of sp³-hybridized carbons (Fsp3) is 0.588. The van der Waals surface area contributed by atoms with Crippen molar-refractivity contribution in [2.75, 3.05) is 52.5 Å². The van der Waals surface area contributed by atoms with Crippen LogP contribution in [0.15, 0.2) is 29.3 Å². The molecule has 1 fully saturated rings. The average Bonchev–Trinajstić information content (AvgIpc) is 2.57. The second kappa shape index (κ2) is 12.7. The molecule has 0 atom stereocenters. The lowest BCUT2D eigenvalue weighted by Gasteiger charge is -2.25. The molecule has 1 aliphatic rings. The summed E-state index contributed by atoms with van der Waals surface area (Å²) in [5, 5.41) is 7.48. The van der Waals surface area contributed by atoms with Crippen molar-refractivity contribution in [2.24, 2.45) is 4.99 Å². The van der Waals surface area contributed by atoms with Gasteiger partial charge in [-0.3, -0.25) is 9.89 Å². The van der Waals surface area contributed by atoms with Crippen LogP contribution in [-0.2, 0) is 11.2 Å². The lowest BCUT2D eigenvalue weighted by Crippen LogP contribution is -2.40. The molecule has 0 amide bonds. The highest BCUT2D eigenvalue weighted by Gasteiger charge is 2.09. The number of hydrogen-bond acceptors (Lipinski definition) is 3. The summed E-state index contributed by atoms with van der Waals surface area (Å²) in [4.78, 5) is 7.03. The number of aliphatic imine (C=N–C) groups is 1. The van der Waals surface area contributed by atoms with E-state index in [-0.39, 0.29) is 24.0 Å². The van der Waals surface area contributed by atoms with Crippen molar-refractivity contribution in [3.05, 3.63) is 34.9 Å². The number of guanidine groups is 1. The quantitative estimate of drug-likeness (QED) is 0.368. The third kappa shape index (κ3) is 8.00. The van der Waals surface area contributed by atoms with Gasteiger partial charge in [0.2, 0.25) is 0 Å². The molecule has 1 aliphatic heterocycles. The van der Waals surface area contributed by atoms with Gasteiger partial charge in [0.15, 0.2) is 5.96 Å². The largest absolute Gasteiger partial charge is 0.379 e. The first kappa shape index (κ1) is 21.5. The van der Waals surface area contributed by atoms with Crippen LogP contribution < -0.4 is 10.6 Å². The van der Waals surface area contributed by atoms with E-state index in [1.165, 1.54) is 0 Å². The van der Waals surface area contributed by atoms with E-state index >= 15 is 0 Å². The monoisotopic (exact) mass is 466 g/mol. The zero-order chi connectivity index (χ0) is 16.3. The number of rotatable bonds is 7. The van der Waals surface area contributed by atoms with Gasteiger partial charge in [-0.2, -0.15) is 0 Å². The Kier molecular flexibility index (Phi) is 11.4. The van der Waals surface area contributed by atoms with Crippen LogP contribution in [0, 0.1) is 0 Å². The van der Waals surface area contributed by atoms with Gasteiger partial charge in [-0.1, -0.05) is 29.8 Å². The lowest BCUT2D eigenvalue weighted by molar-refractivity contribution is 0.0394. The number of benzene rings is 1. The Morgan fingerprint density at radius 2 is 2.00 bits per heavy atom. The van der Waals surface area contributed by atoms with E-state index in [1.807, 2.05) is 18.2 Å². The third-order valence-electron chi connectivity index (χ3n) is 3.78. The number of morpholine rings is 1. The SMILES string of the molecule is CCNC(=NCCN1CCOCC1)NCCc1ccccc1Cl.I. The molecule has 136 valence electrons. The second-order valence-electron chi connectivity index (χ2n) is 5.48. The molecule has 7 heteroatoms. The van der Waals surface area contributed by atoms with E-state index in [4.69, 9.17) is 16.3 Å². The van der Waals surface area contributed by atoms with Crippen LogP contribution in [0.3, 0.4) is 0 Å². The predicted molar refractivity (Wildman–Crippen MR) is 112 cm³/mol. The van der Waals surface area contributed by atoms with Crippen molar-refractivity contribution in [2.45, 2.75) is 13.3 Å². The first-order chi connectivity index (χ1) is 11.3. The highest BCUT2D eigenvalue weighted by atomic mass is 127. The van der Waals surface area contributed by atoms with Crippen LogP contribution in [0.1, 0.15) is 12.5 Å². The number of ether oxygens (including phenoxy) is 1. The number of halogens is 2. The molecule has 24 heavy (non-hydrogen) atoms. The maximum absolute atomic E-state index is 6.18. The van der Waals surface area contributed by atoms with Gasteiger partial charge in [-0.05, 0) is 25.0 Å². The van der Waals surface area contributed by atoms with Crippen LogP contribution in [0.4, 0.5) is 0 Å². The van der Waals surface area contributed by atoms with Crippen LogP contribution in [0.2, 0.25) is 5.02 Å². The normalized spacial score (nSPS) is 15.7. The Morgan fingerprint density at radius 3 is 2.71 bits per heavy atom. The average molecular weight is 467 g/mol. The van der Waals surface area contributed by atoms with Crippen molar-refractivity contribution in [1.82, 2.24) is 15.5 Å². The van der Waals surface area contributed by atoms with Crippen molar-refractivity contribution in [1.29, 1.82) is 0 Å². The molecule has 2 rings (SSSR count). The van der Waals surface area contributed by atoms with E-state index in [2.05, 4.69) is 33.5 Å². The summed E-state index contributed by atoms with van der Waals surface area (Å²) in [5.41, 5.74) is 1.16. The molecule has 0 bridgehead atoms. The minimum absolute atomic E-state index is 0. The van der Waals surface area contributed by atoms with Crippen LogP contribution >= 0.6 is 35.6 Å². The van der Waals surface area contributed by atoms with Gasteiger partial charge in [0.05, 0.1) is 19.8 Å². The number of hydrogen-bond donors (Lipinski definition) is 2. The molecule has 0 spiro atoms. The first-order valence-electron chi connectivity index (χ1n) is 8.35. The summed E-state index contributed by atoms with van der Waals surface area (Å²) in [5.74, 6) is 0.868. The number of nitrogens with one attached hydrogen (secondary N) is 2. The highest BCUT2D eigenvalue weighted by molar-refractivity contribution is 14.0. The molecule has 5 nitrogen and oxygen atoms in total. The maximum atomic E-state index is 6.18. The minimum atomic E-state index is 0. The van der Waals surface area contributed by atoms with Crippen LogP contribution in [0.5, 0.6) is 0 Å². The minimum Gasteiger partial charge on any atom is -0.379 e. The van der Waals surface area contributed by atoms with Crippen molar-refractivity contribution < 1.29 is 4.74 Å². The van der Waals surface area contributed by atoms with Crippen molar-refractivity contribution in [3.8, 4) is 0 Å². The van der Waals surface area contributed by atoms with Gasteiger partial charge in [0, 0.05) is 37.7 Å². The molecule has 0 saturated carbocycles. The fourth-order valence-corrected chi connectivity index (χ4v) is 2.72. The molecule has 0 radical (unpaired) electrons. The van der Waals surface area contributed by atoms with Crippen molar-refractivity contribution in [3.63, 3.8) is 0 Å². The molecule has 1 saturated heterocycles. The van der Waals surface area contributed by atoms with E-state index in [0.29, 0.717) is 0 Å². The second-order valence-corrected chi connectivity index (χ2v) is 5.89. The Morgan fingerprint density at radius 1 is 1.25 bits per heavy atom. The van der Waals surface area contributed by atoms with Gasteiger partial charge < -0.3 is 15.4 Å². The summed E-state index contributed by atoms with van der Waals surface area (Å²) in [6, 6.07) is 7.96. The third-order valence-corrected chi connectivity index (χ3v) is 4.15. The fourth-order valence-electron chi connectivity index (χ4n) is 2.49. The number of nitrogens with zero attached hydrogens (tertiary/aromatic N) is 2. The summed E-state index contributed by atoms with van der Waals surface area (Å²) in [6.07, 6.45) is 0.882. The molecule has 1 heterocycles. The molecule has 0 aromatic heterocycles. The Balaban J connectivity index is 0.00000288. The van der Waals surface area contributed by atoms with E-state index in [9.17, 15) is 0 Å². The van der Waals surface area contributed by atoms with Gasteiger partial charge in [0.1, 0.15) is 0 Å². The van der Waals surface area contributed by atoms with Gasteiger partial charge in [0.25, 0.3) is 0 Å². The van der Waals surface area contributed by atoms with Gasteiger partial charge >= 0.3 is 0 Å². The van der Waals surface area contributed by atoms with Gasteiger partial charge in [-0.15, -0.1) is 24.0 Å². The van der Waals surface area contributed by atoms with Crippen LogP contribution in [-0.4, -0.2) is 63.3 Å². The van der Waals surface area contributed by atoms with Crippen molar-refractivity contribution >= 4 is 41.5 Å². The Labute approximate surface area is 167 Å². The molecule has 0 aliphatic carbocycles. The summed E-state index contributed by atoms with van der Waals surface area (Å²) < 4.78 is 5.36. The van der Waals surface area contributed by atoms with Gasteiger partial charge in [-0.25, -0.2) is 0 Å². The first-order valence-corrected chi connectivity index (χ1v) is 8.73. The Bertz CT molecular complexity index is 495. The maximum Gasteiger partial charge on any atom is 0.191 e. The molecule has 0 unspecified atom stereocenters. The Hall–Kier alpha value is -0.570. The van der Waals surface area contributed by atoms with E-state index < -0.39 is 0 Å². The van der Waals surface area contributed by atoms with E-state index in [0.717, 1.165) is 75.4 Å².